The number of rotatable bonds is 2. The summed E-state index contributed by atoms with van der Waals surface area (Å²) in [5.74, 6) is -0.449. The van der Waals surface area contributed by atoms with Gasteiger partial charge in [0.1, 0.15) is 0 Å². The molecule has 12 heavy (non-hydrogen) atoms. The second kappa shape index (κ2) is 3.67. The average Bonchev–Trinajstić information content (AvgIpc) is 2.03. The molecule has 1 amide bonds. The zero-order chi connectivity index (χ0) is 8.97. The van der Waals surface area contributed by atoms with Crippen molar-refractivity contribution in [3.63, 3.8) is 0 Å². The molecule has 0 bridgehead atoms. The molecular formula is C9H10N2O. The summed E-state index contributed by atoms with van der Waals surface area (Å²) in [6.45, 7) is 1.90. The molecule has 0 aliphatic heterocycles. The quantitative estimate of drug-likeness (QED) is 0.656. The summed E-state index contributed by atoms with van der Waals surface area (Å²) in [5, 5.41) is 0. The van der Waals surface area contributed by atoms with E-state index in [1.165, 1.54) is 6.08 Å². The molecule has 3 nitrogen and oxygen atoms in total. The Hall–Kier alpha value is -1.64. The first-order valence-electron chi connectivity index (χ1n) is 3.58. The van der Waals surface area contributed by atoms with E-state index in [-0.39, 0.29) is 0 Å². The first kappa shape index (κ1) is 8.46. The second-order valence-corrected chi connectivity index (χ2v) is 2.47. The number of aromatic nitrogens is 1. The molecule has 0 saturated carbocycles. The van der Waals surface area contributed by atoms with Crippen LogP contribution in [0.4, 0.5) is 0 Å². The van der Waals surface area contributed by atoms with Crippen LogP contribution in [0.25, 0.3) is 6.08 Å². The molecule has 0 spiro atoms. The zero-order valence-electron chi connectivity index (χ0n) is 6.82. The van der Waals surface area contributed by atoms with Crippen LogP contribution in [0.1, 0.15) is 11.3 Å². The number of primary amides is 1. The highest BCUT2D eigenvalue weighted by molar-refractivity contribution is 5.90. The van der Waals surface area contributed by atoms with Crippen molar-refractivity contribution in [3.05, 3.63) is 35.7 Å². The van der Waals surface area contributed by atoms with Crippen molar-refractivity contribution in [2.24, 2.45) is 5.73 Å². The minimum Gasteiger partial charge on any atom is -0.366 e. The molecule has 1 heterocycles. The van der Waals surface area contributed by atoms with Crippen LogP contribution in [0.5, 0.6) is 0 Å². The molecule has 0 atom stereocenters. The van der Waals surface area contributed by atoms with E-state index in [1.807, 2.05) is 19.1 Å². The number of pyridine rings is 1. The lowest BCUT2D eigenvalue weighted by molar-refractivity contribution is -0.113. The monoisotopic (exact) mass is 162 g/mol. The summed E-state index contributed by atoms with van der Waals surface area (Å²) < 4.78 is 0. The van der Waals surface area contributed by atoms with Gasteiger partial charge in [-0.05, 0) is 24.6 Å². The first-order valence-corrected chi connectivity index (χ1v) is 3.58. The third-order valence-corrected chi connectivity index (χ3v) is 1.37. The van der Waals surface area contributed by atoms with E-state index < -0.39 is 5.91 Å². The predicted molar refractivity (Wildman–Crippen MR) is 47.2 cm³/mol. The summed E-state index contributed by atoms with van der Waals surface area (Å²) in [7, 11) is 0. The normalized spacial score (nSPS) is 10.4. The summed E-state index contributed by atoms with van der Waals surface area (Å²) in [4.78, 5) is 14.4. The smallest absolute Gasteiger partial charge is 0.241 e. The Labute approximate surface area is 70.9 Å². The molecule has 0 radical (unpaired) electrons. The fourth-order valence-electron chi connectivity index (χ4n) is 0.756. The van der Waals surface area contributed by atoms with Crippen molar-refractivity contribution in [1.29, 1.82) is 0 Å². The summed E-state index contributed by atoms with van der Waals surface area (Å²) in [6.07, 6.45) is 4.63. The van der Waals surface area contributed by atoms with Gasteiger partial charge in [0.25, 0.3) is 0 Å². The maximum atomic E-state index is 10.4. The zero-order valence-corrected chi connectivity index (χ0v) is 6.82. The van der Waals surface area contributed by atoms with Gasteiger partial charge in [0.15, 0.2) is 0 Å². The second-order valence-electron chi connectivity index (χ2n) is 2.47. The maximum Gasteiger partial charge on any atom is 0.241 e. The molecule has 62 valence electrons. The minimum absolute atomic E-state index is 0.449. The first-order chi connectivity index (χ1) is 5.68. The Balaban J connectivity index is 2.77. The number of nitrogens with zero attached hydrogens (tertiary/aromatic N) is 1. The van der Waals surface area contributed by atoms with E-state index in [9.17, 15) is 4.79 Å². The number of carbonyl (C=O) groups is 1. The van der Waals surface area contributed by atoms with Gasteiger partial charge in [0.05, 0.1) is 0 Å². The highest BCUT2D eigenvalue weighted by Gasteiger charge is 1.88. The van der Waals surface area contributed by atoms with E-state index in [1.54, 1.807) is 12.3 Å². The van der Waals surface area contributed by atoms with Gasteiger partial charge in [-0.3, -0.25) is 9.78 Å². The number of carbonyl (C=O) groups excluding carboxylic acids is 1. The van der Waals surface area contributed by atoms with Crippen LogP contribution in [0, 0.1) is 6.92 Å². The largest absolute Gasteiger partial charge is 0.366 e. The van der Waals surface area contributed by atoms with Crippen molar-refractivity contribution in [3.8, 4) is 0 Å². The van der Waals surface area contributed by atoms with E-state index in [4.69, 9.17) is 5.73 Å². The summed E-state index contributed by atoms with van der Waals surface area (Å²) in [6, 6.07) is 3.75. The van der Waals surface area contributed by atoms with E-state index in [0.717, 1.165) is 11.3 Å². The molecule has 0 fully saturated rings. The van der Waals surface area contributed by atoms with Gasteiger partial charge in [0, 0.05) is 18.0 Å². The molecule has 0 aliphatic rings. The molecule has 1 aromatic rings. The van der Waals surface area contributed by atoms with Crippen LogP contribution in [0.2, 0.25) is 0 Å². The fourth-order valence-corrected chi connectivity index (χ4v) is 0.756. The van der Waals surface area contributed by atoms with Gasteiger partial charge < -0.3 is 5.73 Å². The highest BCUT2D eigenvalue weighted by Crippen LogP contribution is 2.00. The Morgan fingerprint density at radius 1 is 1.58 bits per heavy atom. The van der Waals surface area contributed by atoms with Crippen LogP contribution < -0.4 is 5.73 Å². The topological polar surface area (TPSA) is 56.0 Å². The lowest BCUT2D eigenvalue weighted by atomic mass is 10.2. The number of nitrogens with two attached hydrogens (primary N) is 1. The van der Waals surface area contributed by atoms with Gasteiger partial charge in [-0.25, -0.2) is 0 Å². The van der Waals surface area contributed by atoms with Gasteiger partial charge in [-0.1, -0.05) is 6.07 Å². The molecular weight excluding hydrogens is 152 g/mol. The van der Waals surface area contributed by atoms with E-state index in [2.05, 4.69) is 4.98 Å². The number of hydrogen-bond acceptors (Lipinski definition) is 2. The lowest BCUT2D eigenvalue weighted by Gasteiger charge is -1.92. The molecule has 0 aromatic carbocycles. The molecule has 3 heteroatoms. The molecule has 1 rings (SSSR count). The van der Waals surface area contributed by atoms with Crippen LogP contribution in [0.3, 0.4) is 0 Å². The highest BCUT2D eigenvalue weighted by atomic mass is 16.1. The Morgan fingerprint density at radius 3 is 2.83 bits per heavy atom. The standard InChI is InChI=1S/C9H10N2O/c1-7-2-3-8(6-11-7)4-5-9(10)12/h2-6H,1H3,(H2,10,12)/b5-4+. The summed E-state index contributed by atoms with van der Waals surface area (Å²) in [5.41, 5.74) is 6.75. The van der Waals surface area contributed by atoms with Crippen molar-refractivity contribution in [2.45, 2.75) is 6.92 Å². The molecule has 1 aromatic heterocycles. The summed E-state index contributed by atoms with van der Waals surface area (Å²) >= 11 is 0. The molecule has 2 N–H and O–H groups in total. The van der Waals surface area contributed by atoms with Crippen molar-refractivity contribution < 1.29 is 4.79 Å². The number of amides is 1. The third kappa shape index (κ3) is 2.54. The van der Waals surface area contributed by atoms with Crippen LogP contribution in [-0.2, 0) is 4.79 Å². The Kier molecular flexibility index (Phi) is 2.58. The van der Waals surface area contributed by atoms with Crippen LogP contribution >= 0.6 is 0 Å². The van der Waals surface area contributed by atoms with Gasteiger partial charge in [0.2, 0.25) is 5.91 Å². The van der Waals surface area contributed by atoms with Crippen LogP contribution in [0.15, 0.2) is 24.4 Å². The molecule has 0 unspecified atom stereocenters. The minimum atomic E-state index is -0.449. The lowest BCUT2D eigenvalue weighted by Crippen LogP contribution is -2.05. The number of aryl methyl sites for hydroxylation is 1. The van der Waals surface area contributed by atoms with Crippen LogP contribution in [-0.4, -0.2) is 10.9 Å². The van der Waals surface area contributed by atoms with Crippen molar-refractivity contribution >= 4 is 12.0 Å². The molecule has 0 saturated heterocycles. The van der Waals surface area contributed by atoms with Crippen molar-refractivity contribution in [2.75, 3.05) is 0 Å². The predicted octanol–water partition coefficient (Wildman–Crippen LogP) is 0.889. The van der Waals surface area contributed by atoms with Gasteiger partial charge >= 0.3 is 0 Å². The average molecular weight is 162 g/mol. The Bertz CT molecular complexity index is 301. The number of hydrogen-bond donors (Lipinski definition) is 1. The fraction of sp³-hybridized carbons (Fsp3) is 0.111. The molecule has 0 aliphatic carbocycles. The van der Waals surface area contributed by atoms with Gasteiger partial charge in [-0.2, -0.15) is 0 Å². The van der Waals surface area contributed by atoms with E-state index in [0.29, 0.717) is 0 Å². The maximum absolute atomic E-state index is 10.4. The van der Waals surface area contributed by atoms with E-state index >= 15 is 0 Å². The SMILES string of the molecule is Cc1ccc(/C=C/C(N)=O)cn1. The van der Waals surface area contributed by atoms with Crippen molar-refractivity contribution in [1.82, 2.24) is 4.98 Å². The third-order valence-electron chi connectivity index (χ3n) is 1.37. The van der Waals surface area contributed by atoms with Gasteiger partial charge in [-0.15, -0.1) is 0 Å². The Morgan fingerprint density at radius 2 is 2.33 bits per heavy atom.